The monoisotopic (exact) mass is 356 g/mol. The largest absolute Gasteiger partial charge is 0.506 e. The van der Waals surface area contributed by atoms with Crippen LogP contribution >= 0.6 is 22.9 Å². The van der Waals surface area contributed by atoms with Crippen molar-refractivity contribution < 1.29 is 9.50 Å². The molecule has 3 nitrogen and oxygen atoms in total. The van der Waals surface area contributed by atoms with Crippen LogP contribution in [0.2, 0.25) is 5.02 Å². The van der Waals surface area contributed by atoms with Gasteiger partial charge in [-0.15, -0.1) is 11.3 Å². The van der Waals surface area contributed by atoms with Gasteiger partial charge in [0.25, 0.3) is 0 Å². The summed E-state index contributed by atoms with van der Waals surface area (Å²) < 4.78 is 13.9. The number of hydrogen-bond donors (Lipinski definition) is 1. The van der Waals surface area contributed by atoms with E-state index in [1.54, 1.807) is 47.8 Å². The number of aromatic nitrogens is 1. The molecule has 0 spiro atoms. The van der Waals surface area contributed by atoms with Gasteiger partial charge < -0.3 is 5.11 Å². The number of allylic oxidation sites excluding steroid dienone is 1. The van der Waals surface area contributed by atoms with Crippen molar-refractivity contribution in [2.75, 3.05) is 0 Å². The van der Waals surface area contributed by atoms with Gasteiger partial charge in [-0.3, -0.25) is 0 Å². The van der Waals surface area contributed by atoms with Gasteiger partial charge in [-0.1, -0.05) is 35.9 Å². The second kappa shape index (κ2) is 6.83. The Morgan fingerprint density at radius 3 is 2.58 bits per heavy atom. The summed E-state index contributed by atoms with van der Waals surface area (Å²) in [6.45, 7) is 0. The Morgan fingerprint density at radius 1 is 1.17 bits per heavy atom. The predicted molar refractivity (Wildman–Crippen MR) is 94.0 cm³/mol. The van der Waals surface area contributed by atoms with E-state index in [4.69, 9.17) is 11.6 Å². The third-order valence-electron chi connectivity index (χ3n) is 3.35. The summed E-state index contributed by atoms with van der Waals surface area (Å²) in [5.41, 5.74) is 1.09. The molecular formula is C18H10ClFN2OS. The Morgan fingerprint density at radius 2 is 1.88 bits per heavy atom. The van der Waals surface area contributed by atoms with Gasteiger partial charge in [0.15, 0.2) is 0 Å². The van der Waals surface area contributed by atoms with Crippen molar-refractivity contribution in [1.29, 1.82) is 5.26 Å². The smallest absolute Gasteiger partial charge is 0.145 e. The highest BCUT2D eigenvalue weighted by Crippen LogP contribution is 2.32. The van der Waals surface area contributed by atoms with Gasteiger partial charge in [-0.05, 0) is 24.3 Å². The standard InChI is InChI=1S/C18H10ClFN2OS/c19-14-7-3-1-5-11(14)17(23)13(9-21)18-22-16(10-24-18)12-6-2-4-8-15(12)20/h1-8,10,23H. The van der Waals surface area contributed by atoms with Crippen molar-refractivity contribution in [3.05, 3.63) is 75.3 Å². The zero-order valence-corrected chi connectivity index (χ0v) is 13.8. The maximum Gasteiger partial charge on any atom is 0.145 e. The van der Waals surface area contributed by atoms with Crippen LogP contribution in [0.15, 0.2) is 53.9 Å². The van der Waals surface area contributed by atoms with Crippen LogP contribution in [0.1, 0.15) is 10.6 Å². The van der Waals surface area contributed by atoms with Crippen LogP contribution in [0, 0.1) is 17.1 Å². The summed E-state index contributed by atoms with van der Waals surface area (Å²) in [6, 6.07) is 14.9. The van der Waals surface area contributed by atoms with E-state index in [1.165, 1.54) is 6.07 Å². The fourth-order valence-corrected chi connectivity index (χ4v) is 3.21. The molecule has 0 aliphatic carbocycles. The highest BCUT2D eigenvalue weighted by atomic mass is 35.5. The molecule has 6 heteroatoms. The summed E-state index contributed by atoms with van der Waals surface area (Å²) >= 11 is 7.21. The van der Waals surface area contributed by atoms with Crippen LogP contribution in [0.4, 0.5) is 4.39 Å². The van der Waals surface area contributed by atoms with E-state index in [0.717, 1.165) is 11.3 Å². The van der Waals surface area contributed by atoms with E-state index >= 15 is 0 Å². The first kappa shape index (κ1) is 16.2. The minimum Gasteiger partial charge on any atom is -0.506 e. The Bertz CT molecular complexity index is 975. The number of hydrogen-bond acceptors (Lipinski definition) is 4. The van der Waals surface area contributed by atoms with E-state index in [0.29, 0.717) is 26.9 Å². The van der Waals surface area contributed by atoms with Crippen LogP contribution < -0.4 is 0 Å². The SMILES string of the molecule is N#CC(=C(O)c1ccccc1Cl)c1nc(-c2ccccc2F)cs1. The van der Waals surface area contributed by atoms with E-state index in [1.807, 2.05) is 6.07 Å². The lowest BCUT2D eigenvalue weighted by molar-refractivity contribution is 0.514. The van der Waals surface area contributed by atoms with E-state index in [-0.39, 0.29) is 11.3 Å². The third kappa shape index (κ3) is 3.02. The van der Waals surface area contributed by atoms with Gasteiger partial charge in [-0.2, -0.15) is 5.26 Å². The van der Waals surface area contributed by atoms with Crippen LogP contribution in [-0.4, -0.2) is 10.1 Å². The second-order valence-corrected chi connectivity index (χ2v) is 6.10. The fraction of sp³-hybridized carbons (Fsp3) is 0. The molecule has 3 rings (SSSR count). The maximum absolute atomic E-state index is 13.9. The maximum atomic E-state index is 13.9. The Labute approximate surface area is 146 Å². The minimum atomic E-state index is -0.396. The first-order valence-corrected chi connectivity index (χ1v) is 8.16. The molecule has 118 valence electrons. The number of benzene rings is 2. The highest BCUT2D eigenvalue weighted by molar-refractivity contribution is 7.11. The van der Waals surface area contributed by atoms with Crippen molar-refractivity contribution in [2.24, 2.45) is 0 Å². The van der Waals surface area contributed by atoms with E-state index in [9.17, 15) is 14.8 Å². The normalized spacial score (nSPS) is 11.7. The third-order valence-corrected chi connectivity index (χ3v) is 4.53. The average molecular weight is 357 g/mol. The number of rotatable bonds is 3. The van der Waals surface area contributed by atoms with Gasteiger partial charge in [0.2, 0.25) is 0 Å². The molecule has 0 radical (unpaired) electrons. The summed E-state index contributed by atoms with van der Waals surface area (Å²) in [5.74, 6) is -0.648. The van der Waals surface area contributed by atoms with Crippen LogP contribution in [0.5, 0.6) is 0 Å². The number of halogens is 2. The molecule has 0 amide bonds. The summed E-state index contributed by atoms with van der Waals surface area (Å²) in [5, 5.41) is 22.1. The lowest BCUT2D eigenvalue weighted by atomic mass is 10.1. The molecule has 1 heterocycles. The lowest BCUT2D eigenvalue weighted by Gasteiger charge is -2.04. The first-order chi connectivity index (χ1) is 11.6. The molecule has 24 heavy (non-hydrogen) atoms. The van der Waals surface area contributed by atoms with Crippen LogP contribution in [0.25, 0.3) is 22.6 Å². The van der Waals surface area contributed by atoms with Gasteiger partial charge in [-0.25, -0.2) is 9.37 Å². The van der Waals surface area contributed by atoms with Gasteiger partial charge in [0.1, 0.15) is 28.2 Å². The molecule has 0 unspecified atom stereocenters. The quantitative estimate of drug-likeness (QED) is 0.494. The molecule has 0 bridgehead atoms. The van der Waals surface area contributed by atoms with E-state index in [2.05, 4.69) is 4.98 Å². The number of aliphatic hydroxyl groups excluding tert-OH is 1. The second-order valence-electron chi connectivity index (χ2n) is 4.83. The summed E-state index contributed by atoms with van der Waals surface area (Å²) in [6.07, 6.45) is 0. The molecule has 3 aromatic rings. The average Bonchev–Trinajstić information content (AvgIpc) is 3.05. The zero-order valence-electron chi connectivity index (χ0n) is 12.2. The van der Waals surface area contributed by atoms with Gasteiger partial charge in [0.05, 0.1) is 10.7 Å². The molecule has 0 aliphatic heterocycles. The van der Waals surface area contributed by atoms with Gasteiger partial charge >= 0.3 is 0 Å². The first-order valence-electron chi connectivity index (χ1n) is 6.91. The van der Waals surface area contributed by atoms with Crippen molar-refractivity contribution in [1.82, 2.24) is 4.98 Å². The summed E-state index contributed by atoms with van der Waals surface area (Å²) in [4.78, 5) is 4.28. The topological polar surface area (TPSA) is 56.9 Å². The number of nitriles is 1. The summed E-state index contributed by atoms with van der Waals surface area (Å²) in [7, 11) is 0. The molecule has 0 aliphatic rings. The van der Waals surface area contributed by atoms with Crippen LogP contribution in [0.3, 0.4) is 0 Å². The zero-order chi connectivity index (χ0) is 17.1. The van der Waals surface area contributed by atoms with Crippen molar-refractivity contribution in [2.45, 2.75) is 0 Å². The van der Waals surface area contributed by atoms with Crippen LogP contribution in [-0.2, 0) is 0 Å². The predicted octanol–water partition coefficient (Wildman–Crippen LogP) is 5.55. The van der Waals surface area contributed by atoms with Crippen molar-refractivity contribution >= 4 is 34.3 Å². The number of aliphatic hydroxyl groups is 1. The molecule has 0 atom stereocenters. The van der Waals surface area contributed by atoms with Crippen molar-refractivity contribution in [3.8, 4) is 17.3 Å². The number of thiazole rings is 1. The molecule has 1 N–H and O–H groups in total. The fourth-order valence-electron chi connectivity index (χ4n) is 2.17. The molecule has 0 saturated carbocycles. The Kier molecular flexibility index (Phi) is 4.61. The lowest BCUT2D eigenvalue weighted by Crippen LogP contribution is -1.91. The molecular weight excluding hydrogens is 347 g/mol. The molecule has 1 aromatic heterocycles. The molecule has 2 aromatic carbocycles. The van der Waals surface area contributed by atoms with Crippen molar-refractivity contribution in [3.63, 3.8) is 0 Å². The van der Waals surface area contributed by atoms with E-state index < -0.39 is 5.82 Å². The molecule has 0 fully saturated rings. The number of nitrogens with zero attached hydrogens (tertiary/aromatic N) is 2. The minimum absolute atomic E-state index is 0.00399. The van der Waals surface area contributed by atoms with Gasteiger partial charge in [0, 0.05) is 16.5 Å². The molecule has 0 saturated heterocycles. The Hall–Kier alpha value is -2.68. The Balaban J connectivity index is 2.08. The highest BCUT2D eigenvalue weighted by Gasteiger charge is 2.17.